The molecule has 0 aromatic rings. The molecule has 0 unspecified atom stereocenters. The molecule has 0 heterocycles. The van der Waals surface area contributed by atoms with Crippen molar-refractivity contribution in [2.24, 2.45) is 11.3 Å². The summed E-state index contributed by atoms with van der Waals surface area (Å²) < 4.78 is 5.27. The van der Waals surface area contributed by atoms with Gasteiger partial charge in [-0.1, -0.05) is 67.5 Å². The van der Waals surface area contributed by atoms with Crippen LogP contribution in [0.3, 0.4) is 0 Å². The number of carbonyl (C=O) groups is 3. The zero-order valence-corrected chi connectivity index (χ0v) is 19.8. The summed E-state index contributed by atoms with van der Waals surface area (Å²) in [6, 6.07) is 0. The third-order valence-electron chi connectivity index (χ3n) is 5.51. The van der Waals surface area contributed by atoms with Gasteiger partial charge < -0.3 is 4.74 Å². The van der Waals surface area contributed by atoms with Crippen molar-refractivity contribution >= 4 is 39.1 Å². The molecule has 0 aromatic heterocycles. The van der Waals surface area contributed by atoms with Gasteiger partial charge in [-0.05, 0) is 44.4 Å². The molecule has 0 atom stereocenters. The molecule has 1 aliphatic carbocycles. The van der Waals surface area contributed by atoms with Crippen LogP contribution in [-0.4, -0.2) is 35.6 Å². The van der Waals surface area contributed by atoms with Crippen LogP contribution in [0.15, 0.2) is 0 Å². The zero-order chi connectivity index (χ0) is 21.5. The van der Waals surface area contributed by atoms with Crippen molar-refractivity contribution in [2.75, 3.05) is 18.1 Å². The van der Waals surface area contributed by atoms with Gasteiger partial charge in [0.2, 0.25) is 0 Å². The lowest BCUT2D eigenvalue weighted by Gasteiger charge is -2.32. The average molecular weight is 443 g/mol. The molecule has 1 aliphatic rings. The van der Waals surface area contributed by atoms with Crippen LogP contribution in [0.25, 0.3) is 0 Å². The van der Waals surface area contributed by atoms with Crippen LogP contribution in [0.5, 0.6) is 0 Å². The highest BCUT2D eigenvalue weighted by molar-refractivity contribution is 8.76. The molecular formula is C23H38O4S2. The minimum absolute atomic E-state index is 0.0116. The van der Waals surface area contributed by atoms with Crippen LogP contribution in [0, 0.1) is 18.3 Å². The Morgan fingerprint density at radius 2 is 1.69 bits per heavy atom. The van der Waals surface area contributed by atoms with Crippen LogP contribution in [0.4, 0.5) is 0 Å². The van der Waals surface area contributed by atoms with Crippen molar-refractivity contribution in [3.05, 3.63) is 6.92 Å². The third kappa shape index (κ3) is 12.1. The Balaban J connectivity index is 2.07. The van der Waals surface area contributed by atoms with Gasteiger partial charge in [0.05, 0.1) is 12.2 Å². The quantitative estimate of drug-likeness (QED) is 0.125. The molecular weight excluding hydrogens is 404 g/mol. The normalized spacial score (nSPS) is 16.0. The van der Waals surface area contributed by atoms with Crippen LogP contribution < -0.4 is 0 Å². The van der Waals surface area contributed by atoms with Crippen molar-refractivity contribution in [1.29, 1.82) is 0 Å². The Bertz CT molecular complexity index is 495. The fourth-order valence-corrected chi connectivity index (χ4v) is 5.63. The van der Waals surface area contributed by atoms with E-state index in [1.54, 1.807) is 0 Å². The van der Waals surface area contributed by atoms with E-state index in [9.17, 15) is 14.4 Å². The van der Waals surface area contributed by atoms with Gasteiger partial charge in [0, 0.05) is 18.1 Å². The van der Waals surface area contributed by atoms with E-state index in [1.807, 2.05) is 0 Å². The van der Waals surface area contributed by atoms with Crippen LogP contribution in [-0.2, 0) is 19.1 Å². The zero-order valence-electron chi connectivity index (χ0n) is 18.2. The number of hydrogen-bond donors (Lipinski definition) is 0. The third-order valence-corrected chi connectivity index (χ3v) is 7.80. The second kappa shape index (κ2) is 15.3. The minimum atomic E-state index is -0.189. The van der Waals surface area contributed by atoms with E-state index in [0.717, 1.165) is 51.4 Å². The number of esters is 1. The van der Waals surface area contributed by atoms with E-state index in [-0.39, 0.29) is 35.3 Å². The van der Waals surface area contributed by atoms with E-state index >= 15 is 0 Å². The SMILES string of the molecule is [CH]C1(CCC(=O)OCCSSCC(=O)CC(=O)C(CCC)CCC)CCCCC1. The largest absolute Gasteiger partial charge is 0.465 e. The number of ether oxygens (including phenoxy) is 1. The molecule has 6 heteroatoms. The van der Waals surface area contributed by atoms with Crippen molar-refractivity contribution in [3.63, 3.8) is 0 Å². The minimum Gasteiger partial charge on any atom is -0.465 e. The topological polar surface area (TPSA) is 60.4 Å². The van der Waals surface area contributed by atoms with Crippen LogP contribution in [0.1, 0.15) is 90.9 Å². The van der Waals surface area contributed by atoms with E-state index in [0.29, 0.717) is 31.0 Å². The van der Waals surface area contributed by atoms with Crippen molar-refractivity contribution in [1.82, 2.24) is 0 Å². The molecule has 4 nitrogen and oxygen atoms in total. The van der Waals surface area contributed by atoms with E-state index in [1.165, 1.54) is 28.0 Å². The first kappa shape index (κ1) is 26.5. The van der Waals surface area contributed by atoms with Crippen molar-refractivity contribution in [3.8, 4) is 0 Å². The Morgan fingerprint density at radius 3 is 2.31 bits per heavy atom. The number of hydrogen-bond acceptors (Lipinski definition) is 6. The summed E-state index contributed by atoms with van der Waals surface area (Å²) in [6.07, 6.45) is 10.4. The number of ketones is 2. The van der Waals surface area contributed by atoms with E-state index in [2.05, 4.69) is 13.8 Å². The fraction of sp³-hybridized carbons (Fsp3) is 0.826. The Labute approximate surface area is 185 Å². The summed E-state index contributed by atoms with van der Waals surface area (Å²) >= 11 is 0. The van der Waals surface area contributed by atoms with Gasteiger partial charge in [-0.2, -0.15) is 0 Å². The molecule has 1 rings (SSSR count). The second-order valence-corrected chi connectivity index (χ2v) is 10.8. The van der Waals surface area contributed by atoms with Gasteiger partial charge in [-0.25, -0.2) is 0 Å². The fourth-order valence-electron chi connectivity index (χ4n) is 3.84. The van der Waals surface area contributed by atoms with E-state index < -0.39 is 0 Å². The Kier molecular flexibility index (Phi) is 14.0. The molecule has 0 bridgehead atoms. The highest BCUT2D eigenvalue weighted by atomic mass is 33.1. The van der Waals surface area contributed by atoms with Gasteiger partial charge >= 0.3 is 5.97 Å². The summed E-state index contributed by atoms with van der Waals surface area (Å²) in [5, 5.41) is 0. The number of carbonyl (C=O) groups excluding carboxylic acids is 3. The first-order valence-electron chi connectivity index (χ1n) is 11.1. The Hall–Kier alpha value is -0.490. The standard InChI is InChI=1S/C23H38O4S2/c1-4-9-19(10-5-2)21(25)17-20(24)18-29-28-16-15-27-22(26)11-14-23(3)12-7-6-8-13-23/h3,19H,4-18H2,1-2H3. The van der Waals surface area contributed by atoms with E-state index in [4.69, 9.17) is 11.7 Å². The maximum absolute atomic E-state index is 12.2. The molecule has 2 radical (unpaired) electrons. The lowest BCUT2D eigenvalue weighted by Crippen LogP contribution is -2.22. The van der Waals surface area contributed by atoms with Crippen LogP contribution >= 0.6 is 21.6 Å². The summed E-state index contributed by atoms with van der Waals surface area (Å²) in [5.41, 5.74) is -0.188. The first-order valence-corrected chi connectivity index (χ1v) is 13.6. The average Bonchev–Trinajstić information content (AvgIpc) is 2.69. The smallest absolute Gasteiger partial charge is 0.305 e. The Morgan fingerprint density at radius 1 is 1.03 bits per heavy atom. The van der Waals surface area contributed by atoms with Gasteiger partial charge in [0.1, 0.15) is 12.4 Å². The highest BCUT2D eigenvalue weighted by Gasteiger charge is 2.27. The molecule has 0 spiro atoms. The predicted molar refractivity (Wildman–Crippen MR) is 123 cm³/mol. The molecule has 29 heavy (non-hydrogen) atoms. The van der Waals surface area contributed by atoms with Crippen LogP contribution in [0.2, 0.25) is 0 Å². The molecule has 166 valence electrons. The number of Topliss-reactive ketones (excluding diaryl/α,β-unsaturated/α-hetero) is 2. The molecule has 0 amide bonds. The molecule has 0 aliphatic heterocycles. The lowest BCUT2D eigenvalue weighted by atomic mass is 9.73. The maximum atomic E-state index is 12.2. The summed E-state index contributed by atoms with van der Waals surface area (Å²) in [5.74, 6) is 0.888. The summed E-state index contributed by atoms with van der Waals surface area (Å²) in [4.78, 5) is 36.1. The lowest BCUT2D eigenvalue weighted by molar-refractivity contribution is -0.143. The molecule has 1 saturated carbocycles. The second-order valence-electron chi connectivity index (χ2n) is 8.18. The van der Waals surface area contributed by atoms with Crippen molar-refractivity contribution < 1.29 is 19.1 Å². The van der Waals surface area contributed by atoms with Gasteiger partial charge in [-0.3, -0.25) is 14.4 Å². The molecule has 1 fully saturated rings. The molecule has 0 aromatic carbocycles. The monoisotopic (exact) mass is 442 g/mol. The van der Waals surface area contributed by atoms with Gasteiger partial charge in [-0.15, -0.1) is 0 Å². The summed E-state index contributed by atoms with van der Waals surface area (Å²) in [7, 11) is 2.94. The van der Waals surface area contributed by atoms with Gasteiger partial charge in [0.25, 0.3) is 0 Å². The summed E-state index contributed by atoms with van der Waals surface area (Å²) in [6.45, 7) is 10.8. The highest BCUT2D eigenvalue weighted by Crippen LogP contribution is 2.39. The maximum Gasteiger partial charge on any atom is 0.305 e. The first-order chi connectivity index (χ1) is 13.9. The molecule has 0 saturated heterocycles. The van der Waals surface area contributed by atoms with Crippen molar-refractivity contribution in [2.45, 2.75) is 90.9 Å². The predicted octanol–water partition coefficient (Wildman–Crippen LogP) is 6.10. The molecule has 0 N–H and O–H groups in total. The van der Waals surface area contributed by atoms with Gasteiger partial charge in [0.15, 0.2) is 5.78 Å². The number of rotatable bonds is 16.